The first-order valence-corrected chi connectivity index (χ1v) is 8.23. The van der Waals surface area contributed by atoms with Gasteiger partial charge in [0.25, 0.3) is 5.91 Å². The Bertz CT molecular complexity index is 654. The molecule has 0 saturated carbocycles. The van der Waals surface area contributed by atoms with Crippen LogP contribution in [-0.2, 0) is 14.8 Å². The highest BCUT2D eigenvalue weighted by molar-refractivity contribution is 7.89. The lowest BCUT2D eigenvalue weighted by molar-refractivity contribution is -0.0587. The Labute approximate surface area is 124 Å². The van der Waals surface area contributed by atoms with E-state index in [1.165, 1.54) is 6.92 Å². The molecule has 1 aromatic heterocycles. The average Bonchev–Trinajstić information content (AvgIpc) is 2.61. The number of sulfonamides is 1. The van der Waals surface area contributed by atoms with Crippen LogP contribution >= 0.6 is 0 Å². The summed E-state index contributed by atoms with van der Waals surface area (Å²) in [4.78, 5) is 14.0. The Kier molecular flexibility index (Phi) is 4.14. The van der Waals surface area contributed by atoms with Gasteiger partial charge in [0.2, 0.25) is 10.0 Å². The van der Waals surface area contributed by atoms with E-state index in [-0.39, 0.29) is 34.2 Å². The molecule has 1 aromatic rings. The Balaban J connectivity index is 2.45. The minimum absolute atomic E-state index is 0.0244. The van der Waals surface area contributed by atoms with Gasteiger partial charge < -0.3 is 14.1 Å². The normalized spacial score (nSPS) is 23.4. The second-order valence-corrected chi connectivity index (χ2v) is 6.93. The monoisotopic (exact) mass is 316 g/mol. The fourth-order valence-corrected chi connectivity index (χ4v) is 3.71. The molecule has 21 heavy (non-hydrogen) atoms. The SMILES string of the molecule is Cc1oc(C)c(S(N)(=O)=O)c1C(=O)N1CC(C)OC(C)C1. The number of primary sulfonamides is 1. The van der Waals surface area contributed by atoms with Crippen molar-refractivity contribution in [2.45, 2.75) is 44.8 Å². The van der Waals surface area contributed by atoms with Crippen molar-refractivity contribution in [3.05, 3.63) is 17.1 Å². The molecule has 1 aliphatic heterocycles. The first-order chi connectivity index (χ1) is 9.61. The average molecular weight is 316 g/mol. The molecule has 8 heteroatoms. The molecule has 1 fully saturated rings. The molecule has 0 radical (unpaired) electrons. The van der Waals surface area contributed by atoms with Gasteiger partial charge in [-0.2, -0.15) is 0 Å². The molecule has 0 spiro atoms. The van der Waals surface area contributed by atoms with E-state index in [1.807, 2.05) is 13.8 Å². The number of nitrogens with zero attached hydrogens (tertiary/aromatic N) is 1. The third kappa shape index (κ3) is 3.12. The zero-order valence-electron chi connectivity index (χ0n) is 12.5. The highest BCUT2D eigenvalue weighted by Gasteiger charge is 2.34. The van der Waals surface area contributed by atoms with Crippen LogP contribution in [0, 0.1) is 13.8 Å². The number of hydrogen-bond donors (Lipinski definition) is 1. The molecule has 2 rings (SSSR count). The minimum Gasteiger partial charge on any atom is -0.464 e. The lowest BCUT2D eigenvalue weighted by Crippen LogP contribution is -2.48. The van der Waals surface area contributed by atoms with E-state index in [0.717, 1.165) is 0 Å². The van der Waals surface area contributed by atoms with Crippen LogP contribution in [0.25, 0.3) is 0 Å². The van der Waals surface area contributed by atoms with Crippen molar-refractivity contribution in [1.29, 1.82) is 0 Å². The summed E-state index contributed by atoms with van der Waals surface area (Å²) in [5.74, 6) is -0.00333. The molecule has 2 unspecified atom stereocenters. The number of ether oxygens (including phenoxy) is 1. The molecule has 2 heterocycles. The van der Waals surface area contributed by atoms with Crippen molar-refractivity contribution in [3.8, 4) is 0 Å². The third-order valence-electron chi connectivity index (χ3n) is 3.41. The van der Waals surface area contributed by atoms with E-state index in [1.54, 1.807) is 11.8 Å². The molecular formula is C13H20N2O5S. The summed E-state index contributed by atoms with van der Waals surface area (Å²) in [5, 5.41) is 5.21. The maximum Gasteiger partial charge on any atom is 0.258 e. The van der Waals surface area contributed by atoms with Gasteiger partial charge in [-0.15, -0.1) is 0 Å². The summed E-state index contributed by atoms with van der Waals surface area (Å²) in [7, 11) is -4.03. The number of hydrogen-bond acceptors (Lipinski definition) is 5. The second-order valence-electron chi connectivity index (χ2n) is 5.43. The van der Waals surface area contributed by atoms with Gasteiger partial charge in [0.05, 0.1) is 12.2 Å². The van der Waals surface area contributed by atoms with Crippen LogP contribution < -0.4 is 5.14 Å². The van der Waals surface area contributed by atoms with E-state index in [0.29, 0.717) is 13.1 Å². The van der Waals surface area contributed by atoms with Gasteiger partial charge >= 0.3 is 0 Å². The summed E-state index contributed by atoms with van der Waals surface area (Å²) >= 11 is 0. The molecule has 1 amide bonds. The van der Waals surface area contributed by atoms with Gasteiger partial charge in [-0.25, -0.2) is 13.6 Å². The molecule has 7 nitrogen and oxygen atoms in total. The Morgan fingerprint density at radius 3 is 2.19 bits per heavy atom. The molecule has 0 bridgehead atoms. The van der Waals surface area contributed by atoms with E-state index in [4.69, 9.17) is 14.3 Å². The summed E-state index contributed by atoms with van der Waals surface area (Å²) in [6.45, 7) is 7.57. The van der Waals surface area contributed by atoms with Crippen LogP contribution in [0.5, 0.6) is 0 Å². The van der Waals surface area contributed by atoms with Crippen LogP contribution in [-0.4, -0.2) is 44.5 Å². The number of carbonyl (C=O) groups excluding carboxylic acids is 1. The third-order valence-corrected chi connectivity index (χ3v) is 4.47. The van der Waals surface area contributed by atoms with Gasteiger partial charge in [-0.05, 0) is 27.7 Å². The lowest BCUT2D eigenvalue weighted by Gasteiger charge is -2.35. The number of furan rings is 1. The highest BCUT2D eigenvalue weighted by Crippen LogP contribution is 2.27. The van der Waals surface area contributed by atoms with Gasteiger partial charge in [-0.3, -0.25) is 4.79 Å². The Morgan fingerprint density at radius 1 is 1.19 bits per heavy atom. The first-order valence-electron chi connectivity index (χ1n) is 6.68. The largest absolute Gasteiger partial charge is 0.464 e. The van der Waals surface area contributed by atoms with Crippen molar-refractivity contribution in [2.24, 2.45) is 5.14 Å². The zero-order valence-corrected chi connectivity index (χ0v) is 13.4. The molecular weight excluding hydrogens is 296 g/mol. The van der Waals surface area contributed by atoms with Crippen LogP contribution in [0.1, 0.15) is 35.7 Å². The van der Waals surface area contributed by atoms with Gasteiger partial charge in [-0.1, -0.05) is 0 Å². The van der Waals surface area contributed by atoms with Crippen LogP contribution in [0.4, 0.5) is 0 Å². The number of aryl methyl sites for hydroxylation is 2. The summed E-state index contributed by atoms with van der Waals surface area (Å²) in [6, 6.07) is 0. The molecule has 1 saturated heterocycles. The predicted octanol–water partition coefficient (Wildman–Crippen LogP) is 0.793. The van der Waals surface area contributed by atoms with Crippen molar-refractivity contribution < 1.29 is 22.4 Å². The topological polar surface area (TPSA) is 103 Å². The fourth-order valence-electron chi connectivity index (χ4n) is 2.76. The number of carbonyl (C=O) groups is 1. The first kappa shape index (κ1) is 16.0. The molecule has 118 valence electrons. The standard InChI is InChI=1S/C13H20N2O5S/c1-7-5-15(6-8(2)19-7)13(16)11-9(3)20-10(4)12(11)21(14,17)18/h7-8H,5-6H2,1-4H3,(H2,14,17,18). The number of nitrogens with two attached hydrogens (primary N) is 1. The molecule has 2 atom stereocenters. The van der Waals surface area contributed by atoms with Gasteiger partial charge in [0, 0.05) is 13.1 Å². The quantitative estimate of drug-likeness (QED) is 0.869. The van der Waals surface area contributed by atoms with Gasteiger partial charge in [0.1, 0.15) is 22.0 Å². The Morgan fingerprint density at radius 2 is 1.71 bits per heavy atom. The van der Waals surface area contributed by atoms with Crippen LogP contribution in [0.15, 0.2) is 9.31 Å². The van der Waals surface area contributed by atoms with Crippen molar-refractivity contribution in [3.63, 3.8) is 0 Å². The number of morpholine rings is 1. The van der Waals surface area contributed by atoms with Crippen molar-refractivity contribution >= 4 is 15.9 Å². The maximum absolute atomic E-state index is 12.7. The van der Waals surface area contributed by atoms with Gasteiger partial charge in [0.15, 0.2) is 0 Å². The van der Waals surface area contributed by atoms with Crippen LogP contribution in [0.3, 0.4) is 0 Å². The predicted molar refractivity (Wildman–Crippen MR) is 75.5 cm³/mol. The molecule has 1 aliphatic rings. The Hall–Kier alpha value is -1.38. The highest BCUT2D eigenvalue weighted by atomic mass is 32.2. The van der Waals surface area contributed by atoms with E-state index >= 15 is 0 Å². The fraction of sp³-hybridized carbons (Fsp3) is 0.615. The summed E-state index contributed by atoms with van der Waals surface area (Å²) < 4.78 is 34.3. The van der Waals surface area contributed by atoms with Crippen molar-refractivity contribution in [1.82, 2.24) is 4.90 Å². The smallest absolute Gasteiger partial charge is 0.258 e. The molecule has 2 N–H and O–H groups in total. The number of amides is 1. The maximum atomic E-state index is 12.7. The molecule has 0 aliphatic carbocycles. The van der Waals surface area contributed by atoms with E-state index in [9.17, 15) is 13.2 Å². The lowest BCUT2D eigenvalue weighted by atomic mass is 10.1. The minimum atomic E-state index is -4.03. The molecule has 0 aromatic carbocycles. The van der Waals surface area contributed by atoms with Crippen LogP contribution in [0.2, 0.25) is 0 Å². The zero-order chi connectivity index (χ0) is 15.9. The van der Waals surface area contributed by atoms with E-state index in [2.05, 4.69) is 0 Å². The summed E-state index contributed by atoms with van der Waals surface area (Å²) in [6.07, 6.45) is -0.215. The van der Waals surface area contributed by atoms with Crippen molar-refractivity contribution in [2.75, 3.05) is 13.1 Å². The number of rotatable bonds is 2. The van der Waals surface area contributed by atoms with E-state index < -0.39 is 15.9 Å². The second kappa shape index (κ2) is 5.43. The summed E-state index contributed by atoms with van der Waals surface area (Å²) in [5.41, 5.74) is 0.0244.